The molecular formula is C14H11BrN2S. The summed E-state index contributed by atoms with van der Waals surface area (Å²) in [5, 5.41) is 1.20. The van der Waals surface area contributed by atoms with Crippen molar-refractivity contribution in [2.75, 3.05) is 0 Å². The minimum atomic E-state index is 1.04. The molecular weight excluding hydrogens is 308 g/mol. The average Bonchev–Trinajstić information content (AvgIpc) is 2.70. The van der Waals surface area contributed by atoms with Crippen molar-refractivity contribution in [3.05, 3.63) is 59.0 Å². The largest absolute Gasteiger partial charge is 0.283 e. The van der Waals surface area contributed by atoms with Crippen molar-refractivity contribution in [1.82, 2.24) is 8.96 Å². The van der Waals surface area contributed by atoms with Gasteiger partial charge in [0.05, 0.1) is 11.7 Å². The van der Waals surface area contributed by atoms with Crippen molar-refractivity contribution in [2.24, 2.45) is 0 Å². The summed E-state index contributed by atoms with van der Waals surface area (Å²) in [5.74, 6) is 0. The number of halogens is 1. The third-order valence-electron chi connectivity index (χ3n) is 2.75. The molecule has 0 saturated heterocycles. The highest BCUT2D eigenvalue weighted by Gasteiger charge is 2.09. The molecule has 0 aliphatic heterocycles. The molecule has 0 spiro atoms. The number of hydrogen-bond acceptors (Lipinski definition) is 2. The van der Waals surface area contributed by atoms with Crippen LogP contribution < -0.4 is 0 Å². The molecule has 0 saturated carbocycles. The Balaban J connectivity index is 2.12. The summed E-state index contributed by atoms with van der Waals surface area (Å²) in [6, 6.07) is 12.5. The van der Waals surface area contributed by atoms with E-state index in [2.05, 4.69) is 62.1 Å². The first-order chi connectivity index (χ1) is 8.75. The fourth-order valence-electron chi connectivity index (χ4n) is 1.90. The summed E-state index contributed by atoms with van der Waals surface area (Å²) < 4.78 is 3.25. The summed E-state index contributed by atoms with van der Waals surface area (Å²) in [5.41, 5.74) is 2.35. The number of aryl methyl sites for hydroxylation is 1. The minimum absolute atomic E-state index is 1.04. The lowest BCUT2D eigenvalue weighted by Gasteiger charge is -2.06. The van der Waals surface area contributed by atoms with Crippen LogP contribution in [0, 0.1) is 6.92 Å². The number of pyridine rings is 1. The molecule has 0 aliphatic carbocycles. The number of fused-ring (bicyclic) bond motifs is 1. The van der Waals surface area contributed by atoms with E-state index in [1.807, 2.05) is 18.5 Å². The molecule has 0 fully saturated rings. The zero-order valence-electron chi connectivity index (χ0n) is 9.80. The molecule has 0 aliphatic rings. The van der Waals surface area contributed by atoms with Crippen LogP contribution in [-0.2, 0) is 0 Å². The van der Waals surface area contributed by atoms with E-state index in [9.17, 15) is 0 Å². The third kappa shape index (κ3) is 2.06. The summed E-state index contributed by atoms with van der Waals surface area (Å²) in [6.07, 6.45) is 3.74. The van der Waals surface area contributed by atoms with Crippen molar-refractivity contribution in [1.29, 1.82) is 0 Å². The van der Waals surface area contributed by atoms with E-state index in [0.717, 1.165) is 9.99 Å². The molecule has 2 aromatic heterocycles. The van der Waals surface area contributed by atoms with Gasteiger partial charge >= 0.3 is 0 Å². The molecule has 4 heteroatoms. The summed E-state index contributed by atoms with van der Waals surface area (Å²) in [4.78, 5) is 5.47. The minimum Gasteiger partial charge on any atom is -0.283 e. The predicted molar refractivity (Wildman–Crippen MR) is 79.9 cm³/mol. The van der Waals surface area contributed by atoms with Crippen molar-refractivity contribution in [2.45, 2.75) is 11.8 Å². The molecule has 0 unspecified atom stereocenters. The summed E-state index contributed by atoms with van der Waals surface area (Å²) in [6.45, 7) is 2.11. The molecule has 0 atom stereocenters. The lowest BCUT2D eigenvalue weighted by atomic mass is 10.3. The van der Waals surface area contributed by atoms with Gasteiger partial charge in [0.1, 0.15) is 0 Å². The van der Waals surface area contributed by atoms with Crippen molar-refractivity contribution in [3.8, 4) is 0 Å². The Morgan fingerprint density at radius 2 is 1.94 bits per heavy atom. The average molecular weight is 319 g/mol. The molecule has 18 heavy (non-hydrogen) atoms. The Morgan fingerprint density at radius 3 is 2.72 bits per heavy atom. The number of aromatic nitrogens is 2. The van der Waals surface area contributed by atoms with Gasteiger partial charge in [-0.05, 0) is 53.0 Å². The highest BCUT2D eigenvalue weighted by Crippen LogP contribution is 2.32. The fourth-order valence-corrected chi connectivity index (χ4v) is 3.27. The summed E-state index contributed by atoms with van der Waals surface area (Å²) in [7, 11) is 0. The Bertz CT molecular complexity index is 692. The van der Waals surface area contributed by atoms with E-state index in [4.69, 9.17) is 0 Å². The zero-order chi connectivity index (χ0) is 12.5. The van der Waals surface area contributed by atoms with Gasteiger partial charge < -0.3 is 0 Å². The second-order valence-electron chi connectivity index (χ2n) is 4.04. The van der Waals surface area contributed by atoms with E-state index >= 15 is 0 Å². The molecule has 3 aromatic rings. The Morgan fingerprint density at radius 1 is 1.17 bits per heavy atom. The van der Waals surface area contributed by atoms with Crippen LogP contribution in [0.15, 0.2) is 58.2 Å². The van der Waals surface area contributed by atoms with Crippen LogP contribution in [0.2, 0.25) is 0 Å². The zero-order valence-corrected chi connectivity index (χ0v) is 12.2. The van der Waals surface area contributed by atoms with Crippen LogP contribution in [0.25, 0.3) is 10.9 Å². The Labute approximate surface area is 118 Å². The molecule has 0 radical (unpaired) electrons. The van der Waals surface area contributed by atoms with Gasteiger partial charge in [-0.15, -0.1) is 0 Å². The first kappa shape index (κ1) is 11.8. The molecule has 2 nitrogen and oxygen atoms in total. The van der Waals surface area contributed by atoms with Crippen molar-refractivity contribution in [3.63, 3.8) is 0 Å². The van der Waals surface area contributed by atoms with E-state index in [0.29, 0.717) is 0 Å². The maximum absolute atomic E-state index is 4.25. The molecule has 0 bridgehead atoms. The van der Waals surface area contributed by atoms with Crippen LogP contribution in [0.3, 0.4) is 0 Å². The third-order valence-corrected chi connectivity index (χ3v) is 4.53. The smallest absolute Gasteiger partial charge is 0.0792 e. The topological polar surface area (TPSA) is 17.8 Å². The number of benzene rings is 1. The van der Waals surface area contributed by atoms with Gasteiger partial charge in [-0.2, -0.15) is 0 Å². The van der Waals surface area contributed by atoms with E-state index in [-0.39, 0.29) is 0 Å². The second-order valence-corrected chi connectivity index (χ2v) is 5.91. The molecule has 0 amide bonds. The number of rotatable bonds is 2. The van der Waals surface area contributed by atoms with Gasteiger partial charge in [-0.25, -0.2) is 0 Å². The normalized spacial score (nSPS) is 11.0. The van der Waals surface area contributed by atoms with Crippen LogP contribution in [0.1, 0.15) is 5.69 Å². The summed E-state index contributed by atoms with van der Waals surface area (Å²) >= 11 is 5.26. The molecule has 1 aromatic carbocycles. The monoisotopic (exact) mass is 318 g/mol. The standard InChI is InChI=1S/C14H11BrN2S/c1-10-7-12-13(15)8-16-9-14(12)17(10)18-11-5-3-2-4-6-11/h2-9H,1H3. The number of hydrogen-bond donors (Lipinski definition) is 0. The van der Waals surface area contributed by atoms with E-state index < -0.39 is 0 Å². The molecule has 0 N–H and O–H groups in total. The lowest BCUT2D eigenvalue weighted by Crippen LogP contribution is -1.89. The first-order valence-electron chi connectivity index (χ1n) is 5.60. The first-order valence-corrected chi connectivity index (χ1v) is 7.17. The predicted octanol–water partition coefficient (Wildman–Crippen LogP) is 4.66. The van der Waals surface area contributed by atoms with Crippen molar-refractivity contribution < 1.29 is 0 Å². The van der Waals surface area contributed by atoms with Gasteiger partial charge in [-0.1, -0.05) is 18.2 Å². The maximum atomic E-state index is 4.25. The Kier molecular flexibility index (Phi) is 3.14. The highest BCUT2D eigenvalue weighted by atomic mass is 79.9. The molecule has 2 heterocycles. The Hall–Kier alpha value is -1.26. The van der Waals surface area contributed by atoms with Gasteiger partial charge in [0.2, 0.25) is 0 Å². The van der Waals surface area contributed by atoms with Gasteiger partial charge in [0, 0.05) is 26.6 Å². The highest BCUT2D eigenvalue weighted by molar-refractivity contribution is 9.10. The quantitative estimate of drug-likeness (QED) is 0.683. The van der Waals surface area contributed by atoms with Crippen LogP contribution in [0.4, 0.5) is 0 Å². The second kappa shape index (κ2) is 4.78. The van der Waals surface area contributed by atoms with Gasteiger partial charge in [0.25, 0.3) is 0 Å². The van der Waals surface area contributed by atoms with Crippen molar-refractivity contribution >= 4 is 38.8 Å². The van der Waals surface area contributed by atoms with Crippen LogP contribution in [0.5, 0.6) is 0 Å². The lowest BCUT2D eigenvalue weighted by molar-refractivity contribution is 1.19. The van der Waals surface area contributed by atoms with Gasteiger partial charge in [-0.3, -0.25) is 8.96 Å². The SMILES string of the molecule is Cc1cc2c(Br)cncc2n1Sc1ccccc1. The van der Waals surface area contributed by atoms with Crippen LogP contribution >= 0.6 is 27.9 Å². The fraction of sp³-hybridized carbons (Fsp3) is 0.0714. The van der Waals surface area contributed by atoms with E-state index in [1.165, 1.54) is 16.0 Å². The molecule has 3 rings (SSSR count). The maximum Gasteiger partial charge on any atom is 0.0792 e. The van der Waals surface area contributed by atoms with Crippen LogP contribution in [-0.4, -0.2) is 8.96 Å². The number of nitrogens with zero attached hydrogens (tertiary/aromatic N) is 2. The van der Waals surface area contributed by atoms with Gasteiger partial charge in [0.15, 0.2) is 0 Å². The molecule has 90 valence electrons. The van der Waals surface area contributed by atoms with E-state index in [1.54, 1.807) is 11.9 Å².